The molecule has 0 aromatic carbocycles. The molecule has 3 atom stereocenters. The summed E-state index contributed by atoms with van der Waals surface area (Å²) in [7, 11) is 0. The number of nitrogens with zero attached hydrogens (tertiary/aromatic N) is 1. The predicted octanol–water partition coefficient (Wildman–Crippen LogP) is 1.53. The molecule has 0 aromatic rings. The molecule has 0 aromatic heterocycles. The van der Waals surface area contributed by atoms with E-state index in [2.05, 4.69) is 11.8 Å². The lowest BCUT2D eigenvalue weighted by atomic mass is 9.89. The molecule has 2 rings (SSSR count). The zero-order chi connectivity index (χ0) is 13.0. The van der Waals surface area contributed by atoms with Gasteiger partial charge in [-0.25, -0.2) is 0 Å². The van der Waals surface area contributed by atoms with Crippen molar-refractivity contribution in [3.8, 4) is 0 Å². The van der Waals surface area contributed by atoms with Gasteiger partial charge in [-0.2, -0.15) is 0 Å². The van der Waals surface area contributed by atoms with Crippen LogP contribution in [0.15, 0.2) is 0 Å². The third kappa shape index (κ3) is 3.23. The minimum atomic E-state index is 0.295. The molecule has 104 valence electrons. The number of rotatable bonds is 4. The summed E-state index contributed by atoms with van der Waals surface area (Å²) in [5.74, 6) is 0.743. The van der Waals surface area contributed by atoms with Crippen LogP contribution in [0.25, 0.3) is 0 Å². The van der Waals surface area contributed by atoms with Crippen molar-refractivity contribution in [2.24, 2.45) is 11.7 Å². The zero-order valence-electron chi connectivity index (χ0n) is 11.4. The number of carbonyl (C=O) groups excluding carboxylic acids is 1. The van der Waals surface area contributed by atoms with Gasteiger partial charge in [0.1, 0.15) is 0 Å². The normalized spacial score (nSPS) is 29.8. The van der Waals surface area contributed by atoms with Gasteiger partial charge in [-0.3, -0.25) is 4.79 Å². The van der Waals surface area contributed by atoms with Gasteiger partial charge in [0.25, 0.3) is 0 Å². The number of carbonyl (C=O) groups is 1. The van der Waals surface area contributed by atoms with E-state index in [1.807, 2.05) is 0 Å². The van der Waals surface area contributed by atoms with Gasteiger partial charge in [-0.1, -0.05) is 19.8 Å². The van der Waals surface area contributed by atoms with E-state index in [9.17, 15) is 4.79 Å². The van der Waals surface area contributed by atoms with Crippen LogP contribution in [0.5, 0.6) is 0 Å². The molecule has 1 aliphatic carbocycles. The first-order valence-electron chi connectivity index (χ1n) is 7.33. The summed E-state index contributed by atoms with van der Waals surface area (Å²) in [6.45, 7) is 4.26. The van der Waals surface area contributed by atoms with Gasteiger partial charge < -0.3 is 15.4 Å². The molecule has 1 heterocycles. The Morgan fingerprint density at radius 2 is 2.22 bits per heavy atom. The Kier molecular flexibility index (Phi) is 5.01. The van der Waals surface area contributed by atoms with E-state index in [1.54, 1.807) is 0 Å². The van der Waals surface area contributed by atoms with Crippen LogP contribution in [0.2, 0.25) is 0 Å². The van der Waals surface area contributed by atoms with Gasteiger partial charge >= 0.3 is 0 Å². The van der Waals surface area contributed by atoms with Gasteiger partial charge in [0.05, 0.1) is 18.8 Å². The second-order valence-corrected chi connectivity index (χ2v) is 5.73. The summed E-state index contributed by atoms with van der Waals surface area (Å²) in [6.07, 6.45) is 6.55. The zero-order valence-corrected chi connectivity index (χ0v) is 11.4. The number of amides is 1. The smallest absolute Gasteiger partial charge is 0.222 e. The number of ether oxygens (including phenoxy) is 1. The van der Waals surface area contributed by atoms with Gasteiger partial charge in [0.2, 0.25) is 5.91 Å². The van der Waals surface area contributed by atoms with Crippen molar-refractivity contribution in [1.29, 1.82) is 0 Å². The van der Waals surface area contributed by atoms with Crippen molar-refractivity contribution in [2.75, 3.05) is 19.7 Å². The van der Waals surface area contributed by atoms with Crippen LogP contribution in [-0.2, 0) is 9.53 Å². The van der Waals surface area contributed by atoms with Crippen molar-refractivity contribution < 1.29 is 9.53 Å². The van der Waals surface area contributed by atoms with Crippen molar-refractivity contribution >= 4 is 5.91 Å². The first-order chi connectivity index (χ1) is 8.72. The minimum absolute atomic E-state index is 0.295. The average molecular weight is 254 g/mol. The highest BCUT2D eigenvalue weighted by Gasteiger charge is 2.36. The fraction of sp³-hybridized carbons (Fsp3) is 0.929. The van der Waals surface area contributed by atoms with Crippen molar-refractivity contribution in [1.82, 2.24) is 4.90 Å². The van der Waals surface area contributed by atoms with E-state index in [0.29, 0.717) is 43.5 Å². The monoisotopic (exact) mass is 254 g/mol. The second-order valence-electron chi connectivity index (χ2n) is 5.73. The van der Waals surface area contributed by atoms with E-state index >= 15 is 0 Å². The topological polar surface area (TPSA) is 55.6 Å². The third-order valence-corrected chi connectivity index (χ3v) is 4.31. The molecular weight excluding hydrogens is 228 g/mol. The molecule has 0 bridgehead atoms. The Morgan fingerprint density at radius 1 is 1.44 bits per heavy atom. The lowest BCUT2D eigenvalue weighted by molar-refractivity contribution is -0.149. The number of morpholine rings is 1. The Hall–Kier alpha value is -0.610. The van der Waals surface area contributed by atoms with Crippen LogP contribution >= 0.6 is 0 Å². The summed E-state index contributed by atoms with van der Waals surface area (Å²) in [6, 6.07) is 0.341. The maximum Gasteiger partial charge on any atom is 0.222 e. The summed E-state index contributed by atoms with van der Waals surface area (Å²) in [5, 5.41) is 0. The fourth-order valence-corrected chi connectivity index (χ4v) is 3.04. The second kappa shape index (κ2) is 6.53. The number of nitrogens with two attached hydrogens (primary N) is 1. The molecule has 1 saturated heterocycles. The molecule has 0 spiro atoms. The van der Waals surface area contributed by atoms with Crippen LogP contribution in [0.3, 0.4) is 0 Å². The highest BCUT2D eigenvalue weighted by molar-refractivity contribution is 5.76. The predicted molar refractivity (Wildman–Crippen MR) is 71.2 cm³/mol. The van der Waals surface area contributed by atoms with Crippen LogP contribution in [-0.4, -0.2) is 42.6 Å². The molecule has 0 radical (unpaired) electrons. The molecule has 18 heavy (non-hydrogen) atoms. The van der Waals surface area contributed by atoms with E-state index in [-0.39, 0.29) is 0 Å². The van der Waals surface area contributed by atoms with Gasteiger partial charge in [-0.05, 0) is 31.7 Å². The summed E-state index contributed by atoms with van der Waals surface area (Å²) in [4.78, 5) is 14.4. The number of hydrogen-bond donors (Lipinski definition) is 1. The molecule has 1 aliphatic heterocycles. The van der Waals surface area contributed by atoms with Gasteiger partial charge in [0, 0.05) is 13.0 Å². The molecule has 4 nitrogen and oxygen atoms in total. The molecule has 2 N–H and O–H groups in total. The van der Waals surface area contributed by atoms with Gasteiger partial charge in [-0.15, -0.1) is 0 Å². The van der Waals surface area contributed by atoms with Crippen LogP contribution in [0.4, 0.5) is 0 Å². The molecule has 2 fully saturated rings. The fourth-order valence-electron chi connectivity index (χ4n) is 3.04. The third-order valence-electron chi connectivity index (χ3n) is 4.31. The Balaban J connectivity index is 1.87. The van der Waals surface area contributed by atoms with Crippen molar-refractivity contribution in [3.05, 3.63) is 0 Å². The highest BCUT2D eigenvalue weighted by Crippen LogP contribution is 2.29. The van der Waals surface area contributed by atoms with E-state index in [1.165, 1.54) is 12.8 Å². The lowest BCUT2D eigenvalue weighted by Crippen LogP contribution is -2.54. The molecule has 1 saturated carbocycles. The van der Waals surface area contributed by atoms with Crippen LogP contribution in [0, 0.1) is 5.92 Å². The lowest BCUT2D eigenvalue weighted by Gasteiger charge is -2.44. The first kappa shape index (κ1) is 13.8. The summed E-state index contributed by atoms with van der Waals surface area (Å²) >= 11 is 0. The first-order valence-corrected chi connectivity index (χ1v) is 7.33. The largest absolute Gasteiger partial charge is 0.374 e. The summed E-state index contributed by atoms with van der Waals surface area (Å²) in [5.41, 5.74) is 5.60. The maximum atomic E-state index is 12.3. The van der Waals surface area contributed by atoms with Crippen LogP contribution < -0.4 is 5.73 Å². The Morgan fingerprint density at radius 3 is 3.00 bits per heavy atom. The van der Waals surface area contributed by atoms with Gasteiger partial charge in [0.15, 0.2) is 0 Å². The van der Waals surface area contributed by atoms with Crippen LogP contribution in [0.1, 0.15) is 45.4 Å². The average Bonchev–Trinajstić information content (AvgIpc) is 2.43. The molecular formula is C14H26N2O2. The Bertz CT molecular complexity index is 281. The molecule has 3 unspecified atom stereocenters. The van der Waals surface area contributed by atoms with E-state index < -0.39 is 0 Å². The number of hydrogen-bond acceptors (Lipinski definition) is 3. The highest BCUT2D eigenvalue weighted by atomic mass is 16.5. The quantitative estimate of drug-likeness (QED) is 0.828. The standard InChI is InChI=1S/C14H26N2O2/c1-11(10-15)6-7-14(17)16-8-9-18-13-5-3-2-4-12(13)16/h11-13H,2-10,15H2,1H3. The Labute approximate surface area is 110 Å². The van der Waals surface area contributed by atoms with E-state index in [0.717, 1.165) is 25.8 Å². The maximum absolute atomic E-state index is 12.3. The van der Waals surface area contributed by atoms with E-state index in [4.69, 9.17) is 10.5 Å². The molecule has 4 heteroatoms. The SMILES string of the molecule is CC(CN)CCC(=O)N1CCOC2CCCCC21. The molecule has 1 amide bonds. The van der Waals surface area contributed by atoms with Crippen molar-refractivity contribution in [3.63, 3.8) is 0 Å². The summed E-state index contributed by atoms with van der Waals surface area (Å²) < 4.78 is 5.80. The molecule has 2 aliphatic rings. The van der Waals surface area contributed by atoms with Crippen molar-refractivity contribution in [2.45, 2.75) is 57.6 Å². The number of fused-ring (bicyclic) bond motifs is 1. The minimum Gasteiger partial charge on any atom is -0.374 e.